The van der Waals surface area contributed by atoms with E-state index in [1.165, 1.54) is 119 Å². The van der Waals surface area contributed by atoms with Gasteiger partial charge >= 0.3 is 5.97 Å². The van der Waals surface area contributed by atoms with Gasteiger partial charge in [0.05, 0.1) is 71.4 Å². The molecule has 0 spiro atoms. The molecule has 22 heteroatoms. The van der Waals surface area contributed by atoms with Gasteiger partial charge in [-0.3, -0.25) is 23.7 Å². The molecule has 8 aromatic carbocycles. The summed E-state index contributed by atoms with van der Waals surface area (Å²) < 4.78 is 74.3. The molecule has 2 saturated heterocycles. The summed E-state index contributed by atoms with van der Waals surface area (Å²) in [5, 5.41) is 21.7. The van der Waals surface area contributed by atoms with Crippen molar-refractivity contribution in [3.63, 3.8) is 0 Å². The van der Waals surface area contributed by atoms with Gasteiger partial charge in [0.1, 0.15) is 28.8 Å². The van der Waals surface area contributed by atoms with Gasteiger partial charge < -0.3 is 54.2 Å². The quantitative estimate of drug-likeness (QED) is 0.0352. The first-order chi connectivity index (χ1) is 55.6. The van der Waals surface area contributed by atoms with Crippen molar-refractivity contribution in [3.05, 3.63) is 261 Å². The van der Waals surface area contributed by atoms with Gasteiger partial charge in [-0.05, 0) is 210 Å². The van der Waals surface area contributed by atoms with Crippen LogP contribution in [0.2, 0.25) is 0 Å². The predicted molar refractivity (Wildman–Crippen MR) is 457 cm³/mol. The molecule has 2 aliphatic heterocycles. The summed E-state index contributed by atoms with van der Waals surface area (Å²) in [5.74, 6) is 3.41. The number of nitrogens with zero attached hydrogens (tertiary/aromatic N) is 5. The van der Waals surface area contributed by atoms with Crippen LogP contribution in [-0.2, 0) is 55.0 Å². The molecule has 2 saturated carbocycles. The number of aryl methyl sites for hydroxylation is 3. The number of nitrogens with one attached hydrogen (secondary N) is 1. The van der Waals surface area contributed by atoms with Crippen molar-refractivity contribution in [1.82, 2.24) is 29.8 Å². The van der Waals surface area contributed by atoms with Crippen LogP contribution < -0.4 is 19.5 Å². The van der Waals surface area contributed by atoms with Gasteiger partial charge in [-0.2, -0.15) is 8.42 Å². The van der Waals surface area contributed by atoms with Crippen molar-refractivity contribution in [2.24, 2.45) is 11.8 Å². The zero-order valence-corrected chi connectivity index (χ0v) is 70.7. The Kier molecular flexibility index (Phi) is 41.7. The molecule has 12 rings (SSSR count). The van der Waals surface area contributed by atoms with Crippen LogP contribution in [0, 0.1) is 38.4 Å². The minimum atomic E-state index is -3.67. The Morgan fingerprint density at radius 3 is 1.11 bits per heavy atom. The summed E-state index contributed by atoms with van der Waals surface area (Å²) in [6, 6.07) is 62.3. The van der Waals surface area contributed by atoms with Crippen LogP contribution in [0.3, 0.4) is 0 Å². The largest absolute Gasteiger partial charge is 0.508 e. The normalized spacial score (nSPS) is 15.0. The first-order valence-corrected chi connectivity index (χ1v) is 42.2. The highest BCUT2D eigenvalue weighted by molar-refractivity contribution is 7.85. The van der Waals surface area contributed by atoms with Crippen LogP contribution in [0.5, 0.6) is 23.0 Å². The summed E-state index contributed by atoms with van der Waals surface area (Å²) in [6.07, 6.45) is 19.2. The Morgan fingerprint density at radius 1 is 0.466 bits per heavy atom. The lowest BCUT2D eigenvalue weighted by Crippen LogP contribution is -2.39. The van der Waals surface area contributed by atoms with Crippen molar-refractivity contribution in [1.29, 1.82) is 0 Å². The van der Waals surface area contributed by atoms with E-state index >= 15 is 0 Å². The maximum atomic E-state index is 13.1. The Balaban J connectivity index is 0.000000225. The van der Waals surface area contributed by atoms with Gasteiger partial charge in [-0.15, -0.1) is 0 Å². The zero-order valence-electron chi connectivity index (χ0n) is 69.9. The van der Waals surface area contributed by atoms with Crippen molar-refractivity contribution in [3.8, 4) is 23.0 Å². The number of ether oxygens (including phenoxy) is 3. The Hall–Kier alpha value is -9.58. The fraction of sp³-hybridized carbons (Fsp3) is 0.447. The van der Waals surface area contributed by atoms with E-state index in [-0.39, 0.29) is 60.3 Å². The number of likely N-dealkylation sites (tertiary alicyclic amines) is 2. The molecule has 0 aromatic heterocycles. The molecule has 630 valence electrons. The number of carbonyl (C=O) groups excluding carboxylic acids is 3. The average molecular weight is 1620 g/mol. The molecule has 8 aromatic rings. The number of aliphatic carboxylic acids is 1. The predicted octanol–water partition coefficient (Wildman–Crippen LogP) is 18.1. The lowest BCUT2D eigenvalue weighted by molar-refractivity contribution is -0.136. The van der Waals surface area contributed by atoms with Gasteiger partial charge in [0.15, 0.2) is 0 Å². The maximum Gasteiger partial charge on any atom is 0.307 e. The average Bonchev–Trinajstić information content (AvgIpc) is 1.27. The van der Waals surface area contributed by atoms with Crippen LogP contribution in [0.4, 0.5) is 13.2 Å². The lowest BCUT2D eigenvalue weighted by Gasteiger charge is -2.32. The van der Waals surface area contributed by atoms with E-state index in [1.807, 2.05) is 159 Å². The van der Waals surface area contributed by atoms with Crippen LogP contribution in [0.15, 0.2) is 194 Å². The molecule has 2 heterocycles. The molecule has 18 nitrogen and oxygen atoms in total. The number of halogens is 3. The molecule has 4 fully saturated rings. The molecule has 4 N–H and O–H groups in total. The topological polar surface area (TPSA) is 219 Å². The number of amides is 3. The summed E-state index contributed by atoms with van der Waals surface area (Å²) >= 11 is 0. The Morgan fingerprint density at radius 2 is 0.767 bits per heavy atom. The number of benzene rings is 8. The third-order valence-electron chi connectivity index (χ3n) is 21.7. The fourth-order valence-electron chi connectivity index (χ4n) is 15.0. The second-order valence-electron chi connectivity index (χ2n) is 30.6. The number of carbonyl (C=O) groups is 4. The van der Waals surface area contributed by atoms with Gasteiger partial charge in [0.25, 0.3) is 10.1 Å². The van der Waals surface area contributed by atoms with Crippen LogP contribution in [0.25, 0.3) is 0 Å². The summed E-state index contributed by atoms with van der Waals surface area (Å²) in [4.78, 5) is 59.8. The van der Waals surface area contributed by atoms with Crippen LogP contribution in [0.1, 0.15) is 175 Å². The van der Waals surface area contributed by atoms with E-state index in [0.717, 1.165) is 101 Å². The van der Waals surface area contributed by atoms with Crippen molar-refractivity contribution in [2.75, 3.05) is 102 Å². The van der Waals surface area contributed by atoms with Crippen LogP contribution in [-0.4, -0.2) is 173 Å². The monoisotopic (exact) mass is 1620 g/mol. The van der Waals surface area contributed by atoms with E-state index in [1.54, 1.807) is 45.6 Å². The third kappa shape index (κ3) is 35.1. The van der Waals surface area contributed by atoms with E-state index in [9.17, 15) is 45.9 Å². The SMILES string of the molecule is CNC(CN1CCCC1)c1cccc(OC)c1.COc1cccc(C(CC2CCCC2)N(C)C(=O)Cc2ccc(F)cc2)c1.COc1cccc(C(CN2CCCC2)N(C)C(=O)Cc2ccc(C)cc2)c1.CS(=O)(=O)O.Cc1ccc(CC(=O)N(C)C(CC2CCCC2)c2cccc(O)c2)cc1.Cc1ccc(CC(=O)O)cc1.FCF. The zero-order chi connectivity index (χ0) is 84.5. The van der Waals surface area contributed by atoms with E-state index in [4.69, 9.17) is 23.9 Å². The molecule has 2 aliphatic carbocycles. The number of hydrogen-bond donors (Lipinski definition) is 4. The fourth-order valence-corrected chi connectivity index (χ4v) is 15.0. The third-order valence-corrected chi connectivity index (χ3v) is 21.7. The van der Waals surface area contributed by atoms with Gasteiger partial charge in [0.2, 0.25) is 24.6 Å². The standard InChI is InChI=1S/C23H28FNO2.C23H30N2O2.C23H29NO2.C14H22N2O.C9H10O2.CH2F2.CH4O3S/c1-25(23(26)15-18-10-12-20(24)13-11-18)22(14-17-6-3-4-7-17)19-8-5-9-21(16-19)27-2;1-18-9-11-19(12-10-18)15-23(26)24(2)22(17-25-13-4-5-14-25)20-7-6-8-21(16-20)27-3;1-17-10-12-19(13-11-17)15-23(26)24(2)22(14-18-6-3-4-7-18)20-8-5-9-21(25)16-20;1-15-14(11-16-8-3-4-9-16)12-6-5-7-13(10-12)17-2;1-7-2-4-8(5-3-7)6-9(10)11;2-1-3;1-5(2,3)4/h5,8-13,16-17,22H,3-4,6-7,14-15H2,1-2H3;6-12,16,22H,4-5,13-15,17H2,1-3H3;5,8-13,16,18,22,25H,3-4,6-7,14-15H2,1-2H3;5-7,10,14-15H,3-4,8-9,11H2,1-2H3;2-5H,6H2,1H3,(H,10,11);1H2;1H3,(H,2,3,4). The van der Waals surface area contributed by atoms with Crippen LogP contribution >= 0.6 is 0 Å². The number of methoxy groups -OCH3 is 3. The Labute approximate surface area is 688 Å². The number of alkyl halides is 2. The molecule has 0 bridgehead atoms. The maximum absolute atomic E-state index is 13.1. The number of hydrogen-bond acceptors (Lipinski definition) is 13. The second-order valence-corrected chi connectivity index (χ2v) is 32.1. The number of phenols is 1. The molecule has 116 heavy (non-hydrogen) atoms. The van der Waals surface area contributed by atoms with Gasteiger partial charge in [-0.1, -0.05) is 202 Å². The van der Waals surface area contributed by atoms with E-state index < -0.39 is 23.0 Å². The summed E-state index contributed by atoms with van der Waals surface area (Å²) in [7, 11) is 9.13. The van der Waals surface area contributed by atoms with E-state index in [2.05, 4.69) is 77.5 Å². The lowest BCUT2D eigenvalue weighted by atomic mass is 9.92. The highest BCUT2D eigenvalue weighted by Crippen LogP contribution is 2.39. The highest BCUT2D eigenvalue weighted by atomic mass is 32.2. The molecular weight excluding hydrogens is 1490 g/mol. The number of rotatable bonds is 27. The van der Waals surface area contributed by atoms with Crippen molar-refractivity contribution < 1.29 is 69.7 Å². The molecule has 4 unspecified atom stereocenters. The number of likely N-dealkylation sites (N-methyl/N-ethyl adjacent to an activating group) is 4. The minimum absolute atomic E-state index is 0.0168. The summed E-state index contributed by atoms with van der Waals surface area (Å²) in [5.41, 5.74) is 11.9. The first-order valence-electron chi connectivity index (χ1n) is 40.4. The molecule has 4 aliphatic rings. The number of carboxylic acids is 1. The minimum Gasteiger partial charge on any atom is -0.508 e. The van der Waals surface area contributed by atoms with Gasteiger partial charge in [-0.25, -0.2) is 13.2 Å². The van der Waals surface area contributed by atoms with E-state index in [0.29, 0.717) is 37.0 Å². The summed E-state index contributed by atoms with van der Waals surface area (Å²) in [6.45, 7) is 11.0. The molecule has 3 amide bonds. The number of phenolic OH excluding ortho intramolecular Hbond substituents is 1. The number of aromatic hydroxyl groups is 1. The van der Waals surface area contributed by atoms with Gasteiger partial charge in [0, 0.05) is 40.3 Å². The second kappa shape index (κ2) is 50.8. The highest BCUT2D eigenvalue weighted by Gasteiger charge is 2.31. The number of carboxylic acid groups (broad SMARTS) is 1. The first kappa shape index (κ1) is 95.3. The molecular formula is C94H125F3N6O12S. The Bertz CT molecular complexity index is 4170. The van der Waals surface area contributed by atoms with Crippen molar-refractivity contribution in [2.45, 2.75) is 161 Å². The molecule has 4 atom stereocenters. The molecule has 0 radical (unpaired) electrons. The van der Waals surface area contributed by atoms with Crippen molar-refractivity contribution >= 4 is 33.8 Å². The smallest absolute Gasteiger partial charge is 0.307 e.